The highest BCUT2D eigenvalue weighted by molar-refractivity contribution is 5.96. The molecule has 2 rings (SSSR count). The predicted molar refractivity (Wildman–Crippen MR) is 83.7 cm³/mol. The van der Waals surface area contributed by atoms with Crippen LogP contribution >= 0.6 is 0 Å². The number of amides is 2. The summed E-state index contributed by atoms with van der Waals surface area (Å²) in [6, 6.07) is 7.31. The highest BCUT2D eigenvalue weighted by Crippen LogP contribution is 2.16. The summed E-state index contributed by atoms with van der Waals surface area (Å²) < 4.78 is 0. The number of rotatable bonds is 4. The second-order valence-corrected chi connectivity index (χ2v) is 5.72. The van der Waals surface area contributed by atoms with Gasteiger partial charge in [-0.15, -0.1) is 0 Å². The van der Waals surface area contributed by atoms with Crippen LogP contribution in [0.25, 0.3) is 0 Å². The standard InChI is InChI=1S/C16H23N3O2/c1-12(20)13-6-4-7-14(10-13)17-16(21)19(3)11-15-8-5-9-18(15)2/h4,6-7,10,15H,5,8-9,11H2,1-3H3,(H,17,21). The minimum absolute atomic E-state index is 0.00738. The van der Waals surface area contributed by atoms with Crippen LogP contribution in [0.1, 0.15) is 30.1 Å². The number of nitrogens with one attached hydrogen (secondary N) is 1. The van der Waals surface area contributed by atoms with Gasteiger partial charge in [-0.2, -0.15) is 0 Å². The number of urea groups is 1. The van der Waals surface area contributed by atoms with Crippen LogP contribution in [-0.2, 0) is 0 Å². The molecule has 5 nitrogen and oxygen atoms in total. The zero-order chi connectivity index (χ0) is 15.4. The van der Waals surface area contributed by atoms with Gasteiger partial charge in [0, 0.05) is 30.9 Å². The van der Waals surface area contributed by atoms with E-state index >= 15 is 0 Å². The number of hydrogen-bond acceptors (Lipinski definition) is 3. The molecule has 1 aromatic rings. The van der Waals surface area contributed by atoms with Crippen LogP contribution in [0, 0.1) is 0 Å². The van der Waals surface area contributed by atoms with Crippen LogP contribution < -0.4 is 5.32 Å². The number of benzene rings is 1. The van der Waals surface area contributed by atoms with Crippen molar-refractivity contribution in [2.75, 3.05) is 32.5 Å². The maximum absolute atomic E-state index is 12.2. The second-order valence-electron chi connectivity index (χ2n) is 5.72. The summed E-state index contributed by atoms with van der Waals surface area (Å²) in [5.41, 5.74) is 1.25. The Balaban J connectivity index is 1.94. The quantitative estimate of drug-likeness (QED) is 0.866. The lowest BCUT2D eigenvalue weighted by atomic mass is 10.1. The summed E-state index contributed by atoms with van der Waals surface area (Å²) in [5, 5.41) is 2.84. The Morgan fingerprint density at radius 3 is 2.81 bits per heavy atom. The van der Waals surface area contributed by atoms with Crippen LogP contribution in [-0.4, -0.2) is 54.8 Å². The van der Waals surface area contributed by atoms with Crippen LogP contribution in [0.4, 0.5) is 10.5 Å². The summed E-state index contributed by atoms with van der Waals surface area (Å²) in [4.78, 5) is 27.5. The molecule has 1 N–H and O–H groups in total. The van der Waals surface area contributed by atoms with Crippen LogP contribution in [0.5, 0.6) is 0 Å². The van der Waals surface area contributed by atoms with Crippen molar-refractivity contribution in [3.8, 4) is 0 Å². The van der Waals surface area contributed by atoms with Gasteiger partial charge in [-0.3, -0.25) is 4.79 Å². The van der Waals surface area contributed by atoms with E-state index in [4.69, 9.17) is 0 Å². The third-order valence-electron chi connectivity index (χ3n) is 4.02. The molecule has 114 valence electrons. The fourth-order valence-corrected chi connectivity index (χ4v) is 2.64. The van der Waals surface area contributed by atoms with E-state index < -0.39 is 0 Å². The fourth-order valence-electron chi connectivity index (χ4n) is 2.64. The van der Waals surface area contributed by atoms with Gasteiger partial charge in [-0.1, -0.05) is 12.1 Å². The Labute approximate surface area is 125 Å². The van der Waals surface area contributed by atoms with Crippen molar-refractivity contribution in [1.82, 2.24) is 9.80 Å². The van der Waals surface area contributed by atoms with Crippen LogP contribution in [0.15, 0.2) is 24.3 Å². The summed E-state index contributed by atoms with van der Waals surface area (Å²) in [7, 11) is 3.90. The molecule has 0 aromatic heterocycles. The Bertz CT molecular complexity index is 530. The van der Waals surface area contributed by atoms with E-state index in [1.165, 1.54) is 13.3 Å². The topological polar surface area (TPSA) is 52.7 Å². The second kappa shape index (κ2) is 6.72. The zero-order valence-corrected chi connectivity index (χ0v) is 12.9. The number of likely N-dealkylation sites (tertiary alicyclic amines) is 1. The van der Waals surface area contributed by atoms with E-state index in [9.17, 15) is 9.59 Å². The van der Waals surface area contributed by atoms with E-state index in [2.05, 4.69) is 17.3 Å². The van der Waals surface area contributed by atoms with Crippen molar-refractivity contribution < 1.29 is 9.59 Å². The van der Waals surface area contributed by atoms with Gasteiger partial charge in [0.1, 0.15) is 0 Å². The number of nitrogens with zero attached hydrogens (tertiary/aromatic N) is 2. The first-order valence-electron chi connectivity index (χ1n) is 7.30. The molecule has 1 saturated heterocycles. The third-order valence-corrected chi connectivity index (χ3v) is 4.02. The van der Waals surface area contributed by atoms with Crippen molar-refractivity contribution >= 4 is 17.5 Å². The molecule has 1 unspecified atom stereocenters. The maximum atomic E-state index is 12.2. The van der Waals surface area contributed by atoms with Crippen LogP contribution in [0.3, 0.4) is 0 Å². The molecule has 2 amide bonds. The number of Topliss-reactive ketones (excluding diaryl/α,β-unsaturated/α-hetero) is 1. The van der Waals surface area contributed by atoms with Gasteiger partial charge in [0.05, 0.1) is 0 Å². The van der Waals surface area contributed by atoms with E-state index in [0.29, 0.717) is 23.8 Å². The molecule has 1 fully saturated rings. The van der Waals surface area contributed by atoms with E-state index in [0.717, 1.165) is 13.0 Å². The SMILES string of the molecule is CC(=O)c1cccc(NC(=O)N(C)CC2CCCN2C)c1. The zero-order valence-electron chi connectivity index (χ0n) is 12.9. The number of hydrogen-bond donors (Lipinski definition) is 1. The van der Waals surface area contributed by atoms with E-state index in [-0.39, 0.29) is 11.8 Å². The summed E-state index contributed by atoms with van der Waals surface area (Å²) in [6.07, 6.45) is 2.32. The molecule has 21 heavy (non-hydrogen) atoms. The molecular weight excluding hydrogens is 266 g/mol. The lowest BCUT2D eigenvalue weighted by Gasteiger charge is -2.26. The minimum atomic E-state index is -0.143. The first-order chi connectivity index (χ1) is 9.97. The van der Waals surface area contributed by atoms with Crippen LogP contribution in [0.2, 0.25) is 0 Å². The highest BCUT2D eigenvalue weighted by atomic mass is 16.2. The van der Waals surface area contributed by atoms with E-state index in [1.807, 2.05) is 0 Å². The Morgan fingerprint density at radius 1 is 1.43 bits per heavy atom. The number of carbonyl (C=O) groups excluding carboxylic acids is 2. The van der Waals surface area contributed by atoms with Crippen molar-refractivity contribution in [3.05, 3.63) is 29.8 Å². The van der Waals surface area contributed by atoms with Crippen molar-refractivity contribution in [2.45, 2.75) is 25.8 Å². The molecular formula is C16H23N3O2. The molecule has 5 heteroatoms. The summed E-state index contributed by atoms with van der Waals surface area (Å²) in [6.45, 7) is 3.33. The molecule has 1 atom stereocenters. The first kappa shape index (κ1) is 15.5. The third kappa shape index (κ3) is 4.04. The monoisotopic (exact) mass is 289 g/mol. The highest BCUT2D eigenvalue weighted by Gasteiger charge is 2.23. The number of ketones is 1. The molecule has 1 aliphatic rings. The van der Waals surface area contributed by atoms with E-state index in [1.54, 1.807) is 36.2 Å². The smallest absolute Gasteiger partial charge is 0.321 e. The van der Waals surface area contributed by atoms with Crippen molar-refractivity contribution in [3.63, 3.8) is 0 Å². The molecule has 0 saturated carbocycles. The Kier molecular flexibility index (Phi) is 4.96. The summed E-state index contributed by atoms with van der Waals surface area (Å²) in [5.74, 6) is -0.00738. The fraction of sp³-hybridized carbons (Fsp3) is 0.500. The summed E-state index contributed by atoms with van der Waals surface area (Å²) >= 11 is 0. The Morgan fingerprint density at radius 2 is 2.19 bits per heavy atom. The van der Waals surface area contributed by atoms with Gasteiger partial charge in [-0.25, -0.2) is 4.79 Å². The lowest BCUT2D eigenvalue weighted by molar-refractivity contribution is 0.101. The molecule has 0 bridgehead atoms. The molecule has 1 aromatic carbocycles. The van der Waals surface area contributed by atoms with Gasteiger partial charge in [-0.05, 0) is 45.5 Å². The van der Waals surface area contributed by atoms with Gasteiger partial charge < -0.3 is 15.1 Å². The minimum Gasteiger partial charge on any atom is -0.326 e. The largest absolute Gasteiger partial charge is 0.326 e. The Hall–Kier alpha value is -1.88. The average molecular weight is 289 g/mol. The predicted octanol–water partition coefficient (Wildman–Crippen LogP) is 2.45. The molecule has 0 aliphatic carbocycles. The lowest BCUT2D eigenvalue weighted by Crippen LogP contribution is -2.41. The molecule has 1 heterocycles. The maximum Gasteiger partial charge on any atom is 0.321 e. The number of likely N-dealkylation sites (N-methyl/N-ethyl adjacent to an activating group) is 2. The normalized spacial score (nSPS) is 18.5. The molecule has 0 spiro atoms. The number of anilines is 1. The first-order valence-corrected chi connectivity index (χ1v) is 7.30. The van der Waals surface area contributed by atoms with Gasteiger partial charge in [0.15, 0.2) is 5.78 Å². The van der Waals surface area contributed by atoms with Crippen molar-refractivity contribution in [1.29, 1.82) is 0 Å². The average Bonchev–Trinajstić information content (AvgIpc) is 2.84. The van der Waals surface area contributed by atoms with Gasteiger partial charge in [0.2, 0.25) is 0 Å². The molecule has 1 aliphatic heterocycles. The number of carbonyl (C=O) groups is 2. The molecule has 0 radical (unpaired) electrons. The van der Waals surface area contributed by atoms with Gasteiger partial charge in [0.25, 0.3) is 0 Å². The van der Waals surface area contributed by atoms with Crippen molar-refractivity contribution in [2.24, 2.45) is 0 Å². The van der Waals surface area contributed by atoms with Gasteiger partial charge >= 0.3 is 6.03 Å².